The van der Waals surface area contributed by atoms with Gasteiger partial charge in [0.05, 0.1) is 18.0 Å². The molecular weight excluding hydrogens is 420 g/mol. The summed E-state index contributed by atoms with van der Waals surface area (Å²) in [7, 11) is -3.68. The van der Waals surface area contributed by atoms with Crippen LogP contribution in [0.3, 0.4) is 0 Å². The Labute approximate surface area is 189 Å². The van der Waals surface area contributed by atoms with Crippen molar-refractivity contribution in [3.63, 3.8) is 0 Å². The van der Waals surface area contributed by atoms with Gasteiger partial charge in [-0.1, -0.05) is 62.7 Å². The van der Waals surface area contributed by atoms with Crippen LogP contribution in [0.25, 0.3) is 11.2 Å². The van der Waals surface area contributed by atoms with E-state index in [0.717, 1.165) is 22.3 Å². The largest absolute Gasteiger partial charge is 0.307 e. The molecule has 0 aliphatic carbocycles. The van der Waals surface area contributed by atoms with Crippen LogP contribution in [0, 0.1) is 6.92 Å². The van der Waals surface area contributed by atoms with Gasteiger partial charge in [0.25, 0.3) is 0 Å². The predicted octanol–water partition coefficient (Wildman–Crippen LogP) is 4.56. The minimum atomic E-state index is -3.68. The van der Waals surface area contributed by atoms with E-state index in [-0.39, 0.29) is 16.9 Å². The van der Waals surface area contributed by atoms with Gasteiger partial charge < -0.3 is 4.57 Å². The van der Waals surface area contributed by atoms with Crippen LogP contribution in [-0.2, 0) is 28.5 Å². The Morgan fingerprint density at radius 3 is 2.31 bits per heavy atom. The number of rotatable bonds is 6. The molecule has 2 aromatic carbocycles. The van der Waals surface area contributed by atoms with Gasteiger partial charge in [-0.2, -0.15) is 0 Å². The lowest BCUT2D eigenvalue weighted by molar-refractivity contribution is 0.574. The minimum Gasteiger partial charge on any atom is -0.307 e. The Bertz CT molecular complexity index is 1330. The topological polar surface area (TPSA) is 76.9 Å². The van der Waals surface area contributed by atoms with Crippen molar-refractivity contribution in [3.8, 4) is 0 Å². The second-order valence-electron chi connectivity index (χ2n) is 9.04. The minimum absolute atomic E-state index is 0.0381. The third-order valence-corrected chi connectivity index (χ3v) is 6.91. The van der Waals surface area contributed by atoms with Crippen molar-refractivity contribution in [1.82, 2.24) is 19.3 Å². The Balaban J connectivity index is 1.60. The first-order valence-corrected chi connectivity index (χ1v) is 12.1. The third kappa shape index (κ3) is 4.74. The van der Waals surface area contributed by atoms with Crippen LogP contribution in [-0.4, -0.2) is 23.0 Å². The van der Waals surface area contributed by atoms with Crippen LogP contribution in [0.2, 0.25) is 0 Å². The lowest BCUT2D eigenvalue weighted by Gasteiger charge is -2.19. The van der Waals surface area contributed by atoms with Crippen molar-refractivity contribution in [2.75, 3.05) is 0 Å². The Morgan fingerprint density at radius 1 is 0.969 bits per heavy atom. The molecule has 2 heterocycles. The highest BCUT2D eigenvalue weighted by atomic mass is 32.2. The summed E-state index contributed by atoms with van der Waals surface area (Å²) in [5.74, 6) is 0.620. The van der Waals surface area contributed by atoms with Crippen LogP contribution in [0.1, 0.15) is 43.3 Å². The molecule has 0 aliphatic heterocycles. The number of fused-ring (bicyclic) bond motifs is 1. The summed E-state index contributed by atoms with van der Waals surface area (Å²) in [5, 5.41) is 0. The van der Waals surface area contributed by atoms with Gasteiger partial charge in [-0.3, -0.25) is 0 Å². The number of sulfonamides is 1. The number of nitrogens with one attached hydrogen (secondary N) is 1. The van der Waals surface area contributed by atoms with E-state index >= 15 is 0 Å². The van der Waals surface area contributed by atoms with Gasteiger partial charge in [0.2, 0.25) is 10.0 Å². The van der Waals surface area contributed by atoms with Crippen molar-refractivity contribution < 1.29 is 8.42 Å². The van der Waals surface area contributed by atoms with Gasteiger partial charge in [0, 0.05) is 6.20 Å². The molecule has 0 spiro atoms. The summed E-state index contributed by atoms with van der Waals surface area (Å²) in [4.78, 5) is 9.36. The van der Waals surface area contributed by atoms with Crippen LogP contribution in [0.5, 0.6) is 0 Å². The monoisotopic (exact) mass is 448 g/mol. The molecular formula is C25H28N4O2S. The summed E-state index contributed by atoms with van der Waals surface area (Å²) < 4.78 is 30.5. The maximum Gasteiger partial charge on any atom is 0.240 e. The summed E-state index contributed by atoms with van der Waals surface area (Å²) in [5.41, 5.74) is 4.81. The highest BCUT2D eigenvalue weighted by Gasteiger charge is 2.19. The molecule has 0 atom stereocenters. The molecule has 1 N–H and O–H groups in total. The van der Waals surface area contributed by atoms with Gasteiger partial charge in [-0.05, 0) is 47.7 Å². The lowest BCUT2D eigenvalue weighted by atomic mass is 9.87. The third-order valence-electron chi connectivity index (χ3n) is 5.50. The van der Waals surface area contributed by atoms with E-state index in [0.29, 0.717) is 12.4 Å². The van der Waals surface area contributed by atoms with Gasteiger partial charge in [0.1, 0.15) is 11.3 Å². The number of aromatic nitrogens is 3. The number of hydrogen-bond acceptors (Lipinski definition) is 4. The highest BCUT2D eigenvalue weighted by Crippen LogP contribution is 2.23. The molecule has 32 heavy (non-hydrogen) atoms. The van der Waals surface area contributed by atoms with E-state index in [1.165, 1.54) is 5.56 Å². The molecule has 0 aliphatic rings. The molecule has 0 radical (unpaired) electrons. The maximum atomic E-state index is 12.9. The first-order chi connectivity index (χ1) is 15.1. The van der Waals surface area contributed by atoms with Crippen molar-refractivity contribution in [2.24, 2.45) is 0 Å². The average molecular weight is 449 g/mol. The molecule has 2 aromatic heterocycles. The van der Waals surface area contributed by atoms with Crippen LogP contribution in [0.15, 0.2) is 71.8 Å². The zero-order chi connectivity index (χ0) is 22.9. The quantitative estimate of drug-likeness (QED) is 0.469. The maximum absolute atomic E-state index is 12.9. The van der Waals surface area contributed by atoms with Gasteiger partial charge in [0.15, 0.2) is 5.65 Å². The smallest absolute Gasteiger partial charge is 0.240 e. The normalized spacial score (nSPS) is 12.4. The Kier molecular flexibility index (Phi) is 5.88. The first-order valence-electron chi connectivity index (χ1n) is 10.6. The predicted molar refractivity (Wildman–Crippen MR) is 127 cm³/mol. The summed E-state index contributed by atoms with van der Waals surface area (Å²) in [6, 6.07) is 19.0. The summed E-state index contributed by atoms with van der Waals surface area (Å²) >= 11 is 0. The molecule has 166 valence electrons. The molecule has 0 unspecified atom stereocenters. The Hall–Kier alpha value is -3.03. The molecule has 7 heteroatoms. The molecule has 0 saturated carbocycles. The SMILES string of the molecule is Cc1ccc(Cn2c(CNS(=O)(=O)c3ccc(C(C)(C)C)cc3)nc3cccnc32)cc1. The highest BCUT2D eigenvalue weighted by molar-refractivity contribution is 7.89. The second-order valence-corrected chi connectivity index (χ2v) is 10.8. The number of pyridine rings is 1. The fourth-order valence-electron chi connectivity index (χ4n) is 3.56. The van der Waals surface area contributed by atoms with E-state index in [4.69, 9.17) is 0 Å². The Morgan fingerprint density at radius 2 is 1.66 bits per heavy atom. The number of hydrogen-bond donors (Lipinski definition) is 1. The fourth-order valence-corrected chi connectivity index (χ4v) is 4.54. The number of imidazole rings is 1. The van der Waals surface area contributed by atoms with Gasteiger partial charge in [-0.25, -0.2) is 23.1 Å². The zero-order valence-corrected chi connectivity index (χ0v) is 19.6. The van der Waals surface area contributed by atoms with E-state index in [1.54, 1.807) is 18.3 Å². The van der Waals surface area contributed by atoms with Crippen molar-refractivity contribution >= 4 is 21.2 Å². The second kappa shape index (κ2) is 8.48. The lowest BCUT2D eigenvalue weighted by Crippen LogP contribution is -2.25. The van der Waals surface area contributed by atoms with Crippen LogP contribution in [0.4, 0.5) is 0 Å². The standard InChI is InChI=1S/C25H28N4O2S/c1-18-7-9-19(10-8-18)17-29-23(28-22-6-5-15-26-24(22)29)16-27-32(30,31)21-13-11-20(12-14-21)25(2,3)4/h5-15,27H,16-17H2,1-4H3. The first kappa shape index (κ1) is 22.2. The molecule has 4 rings (SSSR count). The molecule has 0 fully saturated rings. The van der Waals surface area contributed by atoms with E-state index in [1.807, 2.05) is 35.8 Å². The van der Waals surface area contributed by atoms with E-state index in [9.17, 15) is 8.42 Å². The number of benzene rings is 2. The number of aryl methyl sites for hydroxylation is 1. The molecule has 4 aromatic rings. The van der Waals surface area contributed by atoms with Crippen LogP contribution >= 0.6 is 0 Å². The average Bonchev–Trinajstić information content (AvgIpc) is 3.11. The van der Waals surface area contributed by atoms with Gasteiger partial charge >= 0.3 is 0 Å². The van der Waals surface area contributed by atoms with Crippen LogP contribution < -0.4 is 4.72 Å². The molecule has 0 bridgehead atoms. The summed E-state index contributed by atoms with van der Waals surface area (Å²) in [6.45, 7) is 8.98. The molecule has 6 nitrogen and oxygen atoms in total. The van der Waals surface area contributed by atoms with E-state index < -0.39 is 10.0 Å². The van der Waals surface area contributed by atoms with Crippen molar-refractivity contribution in [2.45, 2.75) is 51.1 Å². The fraction of sp³-hybridized carbons (Fsp3) is 0.280. The molecule has 0 amide bonds. The summed E-state index contributed by atoms with van der Waals surface area (Å²) in [6.07, 6.45) is 1.72. The zero-order valence-electron chi connectivity index (χ0n) is 18.8. The molecule has 0 saturated heterocycles. The number of nitrogens with zero attached hydrogens (tertiary/aromatic N) is 3. The van der Waals surface area contributed by atoms with Gasteiger partial charge in [-0.15, -0.1) is 0 Å². The van der Waals surface area contributed by atoms with Crippen molar-refractivity contribution in [1.29, 1.82) is 0 Å². The van der Waals surface area contributed by atoms with Crippen molar-refractivity contribution in [3.05, 3.63) is 89.4 Å². The van der Waals surface area contributed by atoms with E-state index in [2.05, 4.69) is 59.7 Å².